The second-order valence-corrected chi connectivity index (χ2v) is 9.83. The van der Waals surface area contributed by atoms with Gasteiger partial charge in [-0.05, 0) is 30.5 Å². The molecule has 1 aliphatic rings. The Bertz CT molecular complexity index is 1630. The van der Waals surface area contributed by atoms with Crippen LogP contribution in [0, 0.1) is 0 Å². The Kier molecular flexibility index (Phi) is 6.58. The highest BCUT2D eigenvalue weighted by Gasteiger charge is 2.35. The van der Waals surface area contributed by atoms with Crippen LogP contribution in [0.5, 0.6) is 11.5 Å². The molecule has 5 rings (SSSR count). The van der Waals surface area contributed by atoms with Gasteiger partial charge in [-0.3, -0.25) is 9.36 Å². The number of ether oxygens (including phenoxy) is 2. The van der Waals surface area contributed by atoms with E-state index >= 15 is 0 Å². The molecule has 0 amide bonds. The van der Waals surface area contributed by atoms with Gasteiger partial charge < -0.3 is 14.6 Å². The normalized spacial score (nSPS) is 15.4. The first-order valence-electron chi connectivity index (χ1n) is 11.2. The summed E-state index contributed by atoms with van der Waals surface area (Å²) in [6, 6.07) is 17.6. The van der Waals surface area contributed by atoms with E-state index in [2.05, 4.69) is 0 Å². The number of thiazole rings is 1. The van der Waals surface area contributed by atoms with E-state index in [9.17, 15) is 14.7 Å². The Balaban J connectivity index is 1.81. The van der Waals surface area contributed by atoms with Crippen LogP contribution in [0.3, 0.4) is 0 Å². The first-order valence-corrected chi connectivity index (χ1v) is 12.9. The summed E-state index contributed by atoms with van der Waals surface area (Å²) in [6.07, 6.45) is 1.61. The largest absolute Gasteiger partial charge is 0.504 e. The number of esters is 1. The summed E-state index contributed by atoms with van der Waals surface area (Å²) in [5, 5.41) is 12.5. The number of hydrogen-bond donors (Lipinski definition) is 1. The number of carbonyl (C=O) groups excluding carboxylic acids is 1. The molecule has 9 heteroatoms. The van der Waals surface area contributed by atoms with Crippen molar-refractivity contribution in [1.29, 1.82) is 0 Å². The maximum atomic E-state index is 13.8. The number of phenols is 1. The molecular weight excluding hydrogens is 496 g/mol. The minimum atomic E-state index is -0.698. The molecule has 0 aliphatic carbocycles. The van der Waals surface area contributed by atoms with Crippen LogP contribution in [0.15, 0.2) is 81.4 Å². The predicted octanol–water partition coefficient (Wildman–Crippen LogP) is 3.71. The van der Waals surface area contributed by atoms with Gasteiger partial charge in [0.1, 0.15) is 6.04 Å². The Hall–Kier alpha value is -3.95. The van der Waals surface area contributed by atoms with Gasteiger partial charge in [-0.15, -0.1) is 11.3 Å². The summed E-state index contributed by atoms with van der Waals surface area (Å²) in [4.78, 5) is 33.1. The van der Waals surface area contributed by atoms with Gasteiger partial charge in [-0.1, -0.05) is 59.9 Å². The van der Waals surface area contributed by atoms with E-state index in [1.54, 1.807) is 31.2 Å². The number of methoxy groups -OCH3 is 1. The van der Waals surface area contributed by atoms with Gasteiger partial charge >= 0.3 is 5.97 Å². The van der Waals surface area contributed by atoms with Gasteiger partial charge in [0.05, 0.1) is 29.5 Å². The van der Waals surface area contributed by atoms with E-state index in [-0.39, 0.29) is 17.9 Å². The average molecular weight is 519 g/mol. The standard InChI is InChI=1S/C27H22N2O5S2/c1-3-34-26(32)21-22(16-9-5-4-6-10-16)28-27-29(23(21)19-13-8-14-35-19)25(31)20(36-27)15-17-11-7-12-18(33-2)24(17)30/h4-15,23,30H,3H2,1-2H3/b20-15-/t23-/m0/s1. The van der Waals surface area contributed by atoms with Crippen molar-refractivity contribution in [3.8, 4) is 11.5 Å². The van der Waals surface area contributed by atoms with Crippen LogP contribution in [0.4, 0.5) is 0 Å². The summed E-state index contributed by atoms with van der Waals surface area (Å²) in [7, 11) is 1.47. The number of hydrogen-bond acceptors (Lipinski definition) is 8. The first-order chi connectivity index (χ1) is 17.5. The fourth-order valence-electron chi connectivity index (χ4n) is 4.12. The second-order valence-electron chi connectivity index (χ2n) is 7.85. The molecule has 3 heterocycles. The molecule has 0 spiro atoms. The number of aromatic nitrogens is 1. The van der Waals surface area contributed by atoms with E-state index < -0.39 is 12.0 Å². The highest BCUT2D eigenvalue weighted by Crippen LogP contribution is 2.37. The Morgan fingerprint density at radius 2 is 1.94 bits per heavy atom. The van der Waals surface area contributed by atoms with E-state index in [4.69, 9.17) is 14.5 Å². The van der Waals surface area contributed by atoms with E-state index in [1.165, 1.54) is 34.4 Å². The number of fused-ring (bicyclic) bond motifs is 1. The number of para-hydroxylation sites is 1. The lowest BCUT2D eigenvalue weighted by Crippen LogP contribution is -2.39. The van der Waals surface area contributed by atoms with Gasteiger partial charge in [0, 0.05) is 16.0 Å². The highest BCUT2D eigenvalue weighted by atomic mass is 32.1. The molecule has 0 saturated carbocycles. The summed E-state index contributed by atoms with van der Waals surface area (Å²) >= 11 is 2.65. The van der Waals surface area contributed by atoms with Crippen LogP contribution in [-0.2, 0) is 9.53 Å². The SMILES string of the molecule is CCOC(=O)C1=C(c2ccccc2)N=c2s/c(=C\c3cccc(OC)c3O)c(=O)n2[C@H]1c1cccs1. The van der Waals surface area contributed by atoms with Gasteiger partial charge in [0.2, 0.25) is 0 Å². The van der Waals surface area contributed by atoms with Crippen molar-refractivity contribution < 1.29 is 19.4 Å². The maximum absolute atomic E-state index is 13.8. The van der Waals surface area contributed by atoms with Crippen LogP contribution < -0.4 is 19.6 Å². The number of thiophene rings is 1. The summed E-state index contributed by atoms with van der Waals surface area (Å²) < 4.78 is 12.6. The fourth-order valence-corrected chi connectivity index (χ4v) is 5.93. The number of rotatable bonds is 6. The number of aromatic hydroxyl groups is 1. The molecule has 0 radical (unpaired) electrons. The number of benzene rings is 2. The van der Waals surface area contributed by atoms with E-state index in [1.807, 2.05) is 47.8 Å². The molecule has 36 heavy (non-hydrogen) atoms. The molecule has 7 nitrogen and oxygen atoms in total. The lowest BCUT2D eigenvalue weighted by Gasteiger charge is -2.24. The second kappa shape index (κ2) is 9.96. The topological polar surface area (TPSA) is 90.1 Å². The quantitative estimate of drug-likeness (QED) is 0.393. The molecule has 0 fully saturated rings. The molecule has 0 saturated heterocycles. The predicted molar refractivity (Wildman–Crippen MR) is 140 cm³/mol. The minimum absolute atomic E-state index is 0.0576. The minimum Gasteiger partial charge on any atom is -0.504 e. The van der Waals surface area contributed by atoms with Gasteiger partial charge in [0.15, 0.2) is 16.3 Å². The molecule has 2 aromatic carbocycles. The number of phenolic OH excluding ortho intramolecular Hbond substituents is 1. The Labute approximate surface area is 214 Å². The molecule has 0 bridgehead atoms. The van der Waals surface area contributed by atoms with Crippen LogP contribution in [0.2, 0.25) is 0 Å². The molecule has 182 valence electrons. The van der Waals surface area contributed by atoms with Gasteiger partial charge in [-0.2, -0.15) is 0 Å². The zero-order valence-electron chi connectivity index (χ0n) is 19.5. The third-order valence-electron chi connectivity index (χ3n) is 5.72. The van der Waals surface area contributed by atoms with Crippen molar-refractivity contribution in [2.45, 2.75) is 13.0 Å². The van der Waals surface area contributed by atoms with E-state index in [0.29, 0.717) is 31.9 Å². The number of carbonyl (C=O) groups is 1. The third-order valence-corrected chi connectivity index (χ3v) is 7.63. The lowest BCUT2D eigenvalue weighted by molar-refractivity contribution is -0.138. The summed E-state index contributed by atoms with van der Waals surface area (Å²) in [5.74, 6) is -0.264. The van der Waals surface area contributed by atoms with Crippen LogP contribution in [0.1, 0.15) is 29.0 Å². The average Bonchev–Trinajstić information content (AvgIpc) is 3.53. The summed E-state index contributed by atoms with van der Waals surface area (Å²) in [5.41, 5.74) is 1.68. The van der Waals surface area contributed by atoms with E-state index in [0.717, 1.165) is 10.4 Å². The van der Waals surface area contributed by atoms with Crippen molar-refractivity contribution >= 4 is 40.4 Å². The van der Waals surface area contributed by atoms with Gasteiger partial charge in [0.25, 0.3) is 5.56 Å². The molecule has 0 unspecified atom stereocenters. The molecule has 4 aromatic rings. The zero-order valence-corrected chi connectivity index (χ0v) is 21.1. The Morgan fingerprint density at radius 3 is 2.64 bits per heavy atom. The van der Waals surface area contributed by atoms with Crippen LogP contribution in [-0.4, -0.2) is 29.4 Å². The van der Waals surface area contributed by atoms with Crippen molar-refractivity contribution in [1.82, 2.24) is 4.57 Å². The highest BCUT2D eigenvalue weighted by molar-refractivity contribution is 7.10. The third kappa shape index (κ3) is 4.16. The van der Waals surface area contributed by atoms with Gasteiger partial charge in [-0.25, -0.2) is 9.79 Å². The maximum Gasteiger partial charge on any atom is 0.338 e. The fraction of sp³-hybridized carbons (Fsp3) is 0.148. The molecular formula is C27H22N2O5S2. The molecule has 1 aliphatic heterocycles. The molecule has 1 atom stereocenters. The smallest absolute Gasteiger partial charge is 0.338 e. The van der Waals surface area contributed by atoms with Crippen molar-refractivity contribution in [3.63, 3.8) is 0 Å². The van der Waals surface area contributed by atoms with Crippen molar-refractivity contribution in [2.75, 3.05) is 13.7 Å². The monoisotopic (exact) mass is 518 g/mol. The summed E-state index contributed by atoms with van der Waals surface area (Å²) in [6.45, 7) is 1.94. The zero-order chi connectivity index (χ0) is 25.2. The van der Waals surface area contributed by atoms with Crippen molar-refractivity contribution in [3.05, 3.63) is 107 Å². The first kappa shape index (κ1) is 23.8. The van der Waals surface area contributed by atoms with Crippen molar-refractivity contribution in [2.24, 2.45) is 4.99 Å². The molecule has 2 aromatic heterocycles. The molecule has 1 N–H and O–H groups in total. The number of nitrogens with zero attached hydrogens (tertiary/aromatic N) is 2. The van der Waals surface area contributed by atoms with Crippen LogP contribution >= 0.6 is 22.7 Å². The Morgan fingerprint density at radius 1 is 1.14 bits per heavy atom. The lowest BCUT2D eigenvalue weighted by atomic mass is 9.97. The van der Waals surface area contributed by atoms with Crippen LogP contribution in [0.25, 0.3) is 11.8 Å².